The Morgan fingerprint density at radius 1 is 1.14 bits per heavy atom. The minimum absolute atomic E-state index is 0.0918. The molecule has 3 rings (SSSR count). The summed E-state index contributed by atoms with van der Waals surface area (Å²) in [5.41, 5.74) is 1.02. The van der Waals surface area contributed by atoms with Crippen molar-refractivity contribution in [3.8, 4) is 11.5 Å². The topological polar surface area (TPSA) is 84.9 Å². The molecule has 0 saturated heterocycles. The van der Waals surface area contributed by atoms with E-state index in [1.807, 2.05) is 0 Å². The van der Waals surface area contributed by atoms with Crippen molar-refractivity contribution in [1.82, 2.24) is 0 Å². The first-order valence-corrected chi connectivity index (χ1v) is 10.3. The zero-order valence-electron chi connectivity index (χ0n) is 16.4. The molecule has 0 radical (unpaired) electrons. The Hall–Kier alpha value is -3.07. The predicted molar refractivity (Wildman–Crippen MR) is 109 cm³/mol. The molecule has 2 aromatic rings. The van der Waals surface area contributed by atoms with Crippen LogP contribution in [0.1, 0.15) is 19.4 Å². The molecule has 2 aromatic carbocycles. The molecular weight excluding hydrogens is 399 g/mol. The predicted octanol–water partition coefficient (Wildman–Crippen LogP) is 3.38. The average molecular weight is 420 g/mol. The summed E-state index contributed by atoms with van der Waals surface area (Å²) in [6, 6.07) is 8.73. The number of fused-ring (bicyclic) bond motifs is 1. The van der Waals surface area contributed by atoms with Gasteiger partial charge >= 0.3 is 0 Å². The van der Waals surface area contributed by atoms with Gasteiger partial charge in [-0.15, -0.1) is 0 Å². The molecule has 1 aliphatic rings. The highest BCUT2D eigenvalue weighted by molar-refractivity contribution is 7.97. The highest BCUT2D eigenvalue weighted by Crippen LogP contribution is 2.44. The minimum atomic E-state index is -4.17. The highest BCUT2D eigenvalue weighted by atomic mass is 32.2. The third-order valence-corrected chi connectivity index (χ3v) is 6.72. The SMILES string of the molecule is CCN1c2cc(OC)c(OC)cc2C(C)=C(C(=O)Nc2ccccc2F)S1(=O)=O. The van der Waals surface area contributed by atoms with Crippen molar-refractivity contribution in [2.24, 2.45) is 0 Å². The summed E-state index contributed by atoms with van der Waals surface area (Å²) >= 11 is 0. The molecule has 0 saturated carbocycles. The fraction of sp³-hybridized carbons (Fsp3) is 0.250. The van der Waals surface area contributed by atoms with Gasteiger partial charge < -0.3 is 14.8 Å². The number of nitrogens with one attached hydrogen (secondary N) is 1. The summed E-state index contributed by atoms with van der Waals surface area (Å²) < 4.78 is 52.1. The van der Waals surface area contributed by atoms with E-state index in [0.29, 0.717) is 22.7 Å². The van der Waals surface area contributed by atoms with E-state index in [2.05, 4.69) is 5.32 Å². The Labute approximate surface area is 168 Å². The second-order valence-corrected chi connectivity index (χ2v) is 8.08. The molecule has 1 aliphatic heterocycles. The smallest absolute Gasteiger partial charge is 0.270 e. The van der Waals surface area contributed by atoms with Crippen LogP contribution in [0.2, 0.25) is 0 Å². The summed E-state index contributed by atoms with van der Waals surface area (Å²) in [4.78, 5) is 12.5. The van der Waals surface area contributed by atoms with Crippen LogP contribution >= 0.6 is 0 Å². The van der Waals surface area contributed by atoms with Crippen LogP contribution in [0.5, 0.6) is 11.5 Å². The monoisotopic (exact) mass is 420 g/mol. The molecule has 7 nitrogen and oxygen atoms in total. The van der Waals surface area contributed by atoms with E-state index in [1.165, 1.54) is 39.3 Å². The van der Waals surface area contributed by atoms with Crippen molar-refractivity contribution in [3.63, 3.8) is 0 Å². The van der Waals surface area contributed by atoms with Crippen LogP contribution in [-0.4, -0.2) is 35.1 Å². The number of para-hydroxylation sites is 1. The van der Waals surface area contributed by atoms with Crippen LogP contribution < -0.4 is 19.1 Å². The summed E-state index contributed by atoms with van der Waals surface area (Å²) in [6.07, 6.45) is 0. The number of hydrogen-bond acceptors (Lipinski definition) is 5. The lowest BCUT2D eigenvalue weighted by Gasteiger charge is -2.32. The third-order valence-electron chi connectivity index (χ3n) is 4.68. The molecule has 0 bridgehead atoms. The molecule has 29 heavy (non-hydrogen) atoms. The van der Waals surface area contributed by atoms with E-state index in [9.17, 15) is 17.6 Å². The van der Waals surface area contributed by atoms with E-state index in [-0.39, 0.29) is 17.8 Å². The van der Waals surface area contributed by atoms with Gasteiger partial charge in [-0.05, 0) is 37.6 Å². The van der Waals surface area contributed by atoms with E-state index < -0.39 is 26.7 Å². The molecule has 0 atom stereocenters. The number of hydrogen-bond donors (Lipinski definition) is 1. The molecule has 9 heteroatoms. The molecule has 1 N–H and O–H groups in total. The molecule has 0 aliphatic carbocycles. The largest absolute Gasteiger partial charge is 0.493 e. The van der Waals surface area contributed by atoms with Crippen molar-refractivity contribution < 1.29 is 27.1 Å². The Kier molecular flexibility index (Phi) is 5.52. The summed E-state index contributed by atoms with van der Waals surface area (Å²) in [6.45, 7) is 3.28. The van der Waals surface area contributed by atoms with Crippen LogP contribution in [0.3, 0.4) is 0 Å². The number of sulfonamides is 1. The van der Waals surface area contributed by atoms with Gasteiger partial charge in [-0.25, -0.2) is 12.8 Å². The molecular formula is C20H21FN2O5S. The third kappa shape index (κ3) is 3.42. The standard InChI is InChI=1S/C20H21FN2O5S/c1-5-23-16-11-18(28-4)17(27-3)10-13(16)12(2)19(29(23,25)26)20(24)22-15-9-7-6-8-14(15)21/h6-11H,5H2,1-4H3,(H,22,24). The van der Waals surface area contributed by atoms with E-state index in [0.717, 1.165) is 4.31 Å². The summed E-state index contributed by atoms with van der Waals surface area (Å²) in [5.74, 6) is -0.806. The minimum Gasteiger partial charge on any atom is -0.493 e. The Bertz CT molecular complexity index is 1110. The van der Waals surface area contributed by atoms with Crippen molar-refractivity contribution in [2.75, 3.05) is 30.4 Å². The number of nitrogens with zero attached hydrogens (tertiary/aromatic N) is 1. The highest BCUT2D eigenvalue weighted by Gasteiger charge is 2.39. The average Bonchev–Trinajstić information content (AvgIpc) is 2.68. The van der Waals surface area contributed by atoms with Crippen LogP contribution in [-0.2, 0) is 14.8 Å². The first-order valence-electron chi connectivity index (χ1n) is 8.82. The number of amides is 1. The zero-order valence-corrected chi connectivity index (χ0v) is 17.3. The lowest BCUT2D eigenvalue weighted by molar-refractivity contribution is -0.112. The van der Waals surface area contributed by atoms with Gasteiger partial charge in [0, 0.05) is 18.2 Å². The van der Waals surface area contributed by atoms with E-state index >= 15 is 0 Å². The summed E-state index contributed by atoms with van der Waals surface area (Å²) in [5, 5.41) is 2.36. The summed E-state index contributed by atoms with van der Waals surface area (Å²) in [7, 11) is -1.25. The van der Waals surface area contributed by atoms with Gasteiger partial charge in [0.15, 0.2) is 16.4 Å². The van der Waals surface area contributed by atoms with Crippen LogP contribution in [0.15, 0.2) is 41.3 Å². The fourth-order valence-electron chi connectivity index (χ4n) is 3.30. The molecule has 1 heterocycles. The van der Waals surface area contributed by atoms with Crippen molar-refractivity contribution in [3.05, 3.63) is 52.7 Å². The molecule has 0 unspecified atom stereocenters. The van der Waals surface area contributed by atoms with Crippen molar-refractivity contribution in [1.29, 1.82) is 0 Å². The number of methoxy groups -OCH3 is 2. The van der Waals surface area contributed by atoms with Crippen LogP contribution in [0.25, 0.3) is 5.57 Å². The quantitative estimate of drug-likeness (QED) is 0.802. The first kappa shape index (κ1) is 20.7. The van der Waals surface area contributed by atoms with Gasteiger partial charge in [0.25, 0.3) is 15.9 Å². The van der Waals surface area contributed by atoms with Crippen molar-refractivity contribution in [2.45, 2.75) is 13.8 Å². The number of carbonyl (C=O) groups is 1. The fourth-order valence-corrected chi connectivity index (χ4v) is 5.05. The second-order valence-electron chi connectivity index (χ2n) is 6.28. The molecule has 0 spiro atoms. The second kappa shape index (κ2) is 7.75. The van der Waals surface area contributed by atoms with Crippen molar-refractivity contribution >= 4 is 32.9 Å². The number of anilines is 2. The van der Waals surface area contributed by atoms with E-state index in [4.69, 9.17) is 9.47 Å². The maximum absolute atomic E-state index is 13.9. The van der Waals surface area contributed by atoms with Gasteiger partial charge in [0.1, 0.15) is 5.82 Å². The normalized spacial score (nSPS) is 15.0. The number of allylic oxidation sites excluding steroid dienone is 1. The van der Waals surface area contributed by atoms with E-state index in [1.54, 1.807) is 25.1 Å². The molecule has 0 aromatic heterocycles. The molecule has 1 amide bonds. The van der Waals surface area contributed by atoms with Gasteiger partial charge in [-0.2, -0.15) is 0 Å². The van der Waals surface area contributed by atoms with Crippen LogP contribution in [0.4, 0.5) is 15.8 Å². The number of ether oxygens (including phenoxy) is 2. The maximum Gasteiger partial charge on any atom is 0.270 e. The number of halogens is 1. The molecule has 0 fully saturated rings. The van der Waals surface area contributed by atoms with Gasteiger partial charge in [0.2, 0.25) is 0 Å². The van der Waals surface area contributed by atoms with Gasteiger partial charge in [-0.3, -0.25) is 9.10 Å². The van der Waals surface area contributed by atoms with Crippen LogP contribution in [0, 0.1) is 5.82 Å². The number of carbonyl (C=O) groups excluding carboxylic acids is 1. The molecule has 154 valence electrons. The van der Waals surface area contributed by atoms with Gasteiger partial charge in [-0.1, -0.05) is 12.1 Å². The Morgan fingerprint density at radius 3 is 2.34 bits per heavy atom. The zero-order chi connectivity index (χ0) is 21.3. The lowest BCUT2D eigenvalue weighted by Crippen LogP contribution is -2.39. The Balaban J connectivity index is 2.20. The number of benzene rings is 2. The lowest BCUT2D eigenvalue weighted by atomic mass is 10.0. The van der Waals surface area contributed by atoms with Gasteiger partial charge in [0.05, 0.1) is 25.6 Å². The number of rotatable bonds is 5. The maximum atomic E-state index is 13.9. The first-order chi connectivity index (χ1) is 13.8. The Morgan fingerprint density at radius 2 is 1.76 bits per heavy atom.